The van der Waals surface area contributed by atoms with Crippen molar-refractivity contribution in [2.75, 3.05) is 13.7 Å². The van der Waals surface area contributed by atoms with Crippen molar-refractivity contribution in [3.63, 3.8) is 0 Å². The third-order valence-corrected chi connectivity index (χ3v) is 11.3. The lowest BCUT2D eigenvalue weighted by atomic mass is 9.44. The summed E-state index contributed by atoms with van der Waals surface area (Å²) in [5.74, 6) is 4.48. The summed E-state index contributed by atoms with van der Waals surface area (Å²) in [5.41, 5.74) is 3.39. The van der Waals surface area contributed by atoms with Crippen molar-refractivity contribution in [3.05, 3.63) is 24.0 Å². The van der Waals surface area contributed by atoms with Crippen molar-refractivity contribution >= 4 is 16.8 Å². The Morgan fingerprint density at radius 3 is 2.80 bits per heavy atom. The van der Waals surface area contributed by atoms with E-state index in [1.54, 1.807) is 0 Å². The van der Waals surface area contributed by atoms with E-state index in [4.69, 9.17) is 4.74 Å². The minimum atomic E-state index is 0.142. The van der Waals surface area contributed by atoms with E-state index < -0.39 is 0 Å². The van der Waals surface area contributed by atoms with E-state index in [1.807, 2.05) is 31.1 Å². The van der Waals surface area contributed by atoms with E-state index in [0.29, 0.717) is 23.7 Å². The van der Waals surface area contributed by atoms with E-state index in [2.05, 4.69) is 30.0 Å². The number of Topliss-reactive ketones (excluding diaryl/α,β-unsaturated/α-hetero) is 1. The lowest BCUT2D eigenvalue weighted by Gasteiger charge is -2.61. The van der Waals surface area contributed by atoms with E-state index >= 15 is 0 Å². The van der Waals surface area contributed by atoms with Crippen LogP contribution in [0.25, 0.3) is 11.0 Å². The molecular formula is C30H43N3O2. The van der Waals surface area contributed by atoms with Gasteiger partial charge in [-0.15, -0.1) is 0 Å². The Morgan fingerprint density at radius 2 is 1.97 bits per heavy atom. The Morgan fingerprint density at radius 1 is 1.11 bits per heavy atom. The molecule has 4 aliphatic carbocycles. The number of nitrogens with zero attached hydrogens (tertiary/aromatic N) is 3. The first kappa shape index (κ1) is 23.6. The number of ether oxygens (including phenoxy) is 1. The van der Waals surface area contributed by atoms with Crippen LogP contribution < -0.4 is 0 Å². The van der Waals surface area contributed by atoms with Crippen LogP contribution in [0.4, 0.5) is 0 Å². The second-order valence-electron chi connectivity index (χ2n) is 13.1. The first-order valence-electron chi connectivity index (χ1n) is 14.2. The van der Waals surface area contributed by atoms with Crippen LogP contribution >= 0.6 is 0 Å². The molecule has 190 valence electrons. The van der Waals surface area contributed by atoms with Crippen LogP contribution in [0.2, 0.25) is 0 Å². The summed E-state index contributed by atoms with van der Waals surface area (Å²) in [5, 5.41) is 4.68. The second-order valence-corrected chi connectivity index (χ2v) is 13.1. The number of methoxy groups -OCH3 is 1. The highest BCUT2D eigenvalue weighted by Gasteiger charge is 2.62. The lowest BCUT2D eigenvalue weighted by molar-refractivity contribution is -0.154. The van der Waals surface area contributed by atoms with Crippen molar-refractivity contribution in [1.82, 2.24) is 14.8 Å². The molecule has 4 saturated carbocycles. The summed E-state index contributed by atoms with van der Waals surface area (Å²) in [6.45, 7) is 8.27. The topological polar surface area (TPSA) is 57.0 Å². The molecule has 0 amide bonds. The van der Waals surface area contributed by atoms with Gasteiger partial charge in [0.15, 0.2) is 5.78 Å². The molecule has 3 unspecified atom stereocenters. The zero-order valence-corrected chi connectivity index (χ0v) is 22.1. The van der Waals surface area contributed by atoms with Crippen LogP contribution in [-0.2, 0) is 16.1 Å². The maximum absolute atomic E-state index is 13.7. The van der Waals surface area contributed by atoms with Gasteiger partial charge >= 0.3 is 0 Å². The van der Waals surface area contributed by atoms with Crippen molar-refractivity contribution in [1.29, 1.82) is 0 Å². The maximum atomic E-state index is 13.7. The Hall–Kier alpha value is -1.75. The van der Waals surface area contributed by atoms with Crippen molar-refractivity contribution in [2.24, 2.45) is 46.3 Å². The van der Waals surface area contributed by atoms with Crippen molar-refractivity contribution < 1.29 is 9.53 Å². The molecule has 4 fully saturated rings. The van der Waals surface area contributed by atoms with Crippen LogP contribution in [0.1, 0.15) is 77.2 Å². The van der Waals surface area contributed by atoms with E-state index in [0.717, 1.165) is 53.3 Å². The number of pyridine rings is 1. The van der Waals surface area contributed by atoms with Crippen LogP contribution in [-0.4, -0.2) is 34.3 Å². The molecule has 0 radical (unpaired) electrons. The third-order valence-electron chi connectivity index (χ3n) is 11.3. The second kappa shape index (κ2) is 8.68. The molecule has 0 aliphatic heterocycles. The van der Waals surface area contributed by atoms with Gasteiger partial charge in [0.1, 0.15) is 11.0 Å². The molecule has 0 bridgehead atoms. The van der Waals surface area contributed by atoms with Gasteiger partial charge in [-0.05, 0) is 110 Å². The first-order valence-corrected chi connectivity index (χ1v) is 14.2. The first-order chi connectivity index (χ1) is 16.8. The van der Waals surface area contributed by atoms with Gasteiger partial charge in [-0.25, -0.2) is 0 Å². The van der Waals surface area contributed by atoms with Gasteiger partial charge in [-0.1, -0.05) is 20.3 Å². The maximum Gasteiger partial charge on any atom is 0.157 e. The highest BCUT2D eigenvalue weighted by Crippen LogP contribution is 2.68. The predicted octanol–water partition coefficient (Wildman–Crippen LogP) is 6.23. The zero-order chi connectivity index (χ0) is 24.4. The average molecular weight is 478 g/mol. The molecule has 0 spiro atoms. The Balaban J connectivity index is 1.22. The van der Waals surface area contributed by atoms with Gasteiger partial charge in [-0.3, -0.25) is 14.5 Å². The third kappa shape index (κ3) is 3.70. The molecule has 0 N–H and O–H groups in total. The normalized spacial score (nSPS) is 40.8. The number of rotatable bonds is 5. The quantitative estimate of drug-likeness (QED) is 0.512. The molecule has 8 atom stereocenters. The van der Waals surface area contributed by atoms with E-state index in [1.165, 1.54) is 51.4 Å². The highest BCUT2D eigenvalue weighted by atomic mass is 16.5. The molecule has 6 rings (SSSR count). The number of carbonyl (C=O) groups is 1. The van der Waals surface area contributed by atoms with Gasteiger partial charge in [0.25, 0.3) is 0 Å². The molecular weight excluding hydrogens is 434 g/mol. The fourth-order valence-electron chi connectivity index (χ4n) is 9.75. The predicted molar refractivity (Wildman–Crippen MR) is 138 cm³/mol. The van der Waals surface area contributed by atoms with Crippen molar-refractivity contribution in [2.45, 2.75) is 85.1 Å². The fraction of sp³-hybridized carbons (Fsp3) is 0.767. The zero-order valence-electron chi connectivity index (χ0n) is 22.1. The monoisotopic (exact) mass is 477 g/mol. The van der Waals surface area contributed by atoms with E-state index in [-0.39, 0.29) is 11.3 Å². The van der Waals surface area contributed by atoms with Gasteiger partial charge in [-0.2, -0.15) is 5.10 Å². The number of ketones is 1. The van der Waals surface area contributed by atoms with Crippen LogP contribution in [0.3, 0.4) is 0 Å². The molecule has 5 heteroatoms. The summed E-state index contributed by atoms with van der Waals surface area (Å²) in [6.07, 6.45) is 15.4. The summed E-state index contributed by atoms with van der Waals surface area (Å²) >= 11 is 0. The number of hydrogen-bond acceptors (Lipinski definition) is 4. The van der Waals surface area contributed by atoms with Crippen LogP contribution in [0.15, 0.2) is 18.5 Å². The number of carbonyl (C=O) groups excluding carboxylic acids is 1. The van der Waals surface area contributed by atoms with Crippen molar-refractivity contribution in [3.8, 4) is 0 Å². The summed E-state index contributed by atoms with van der Waals surface area (Å²) in [6, 6.07) is 2.05. The molecule has 5 nitrogen and oxygen atoms in total. The van der Waals surface area contributed by atoms with E-state index in [9.17, 15) is 4.79 Å². The minimum absolute atomic E-state index is 0.142. The van der Waals surface area contributed by atoms with Gasteiger partial charge in [0.2, 0.25) is 0 Å². The average Bonchev–Trinajstić information content (AvgIpc) is 3.38. The van der Waals surface area contributed by atoms with Crippen LogP contribution in [0.5, 0.6) is 0 Å². The van der Waals surface area contributed by atoms with Crippen LogP contribution in [0, 0.1) is 53.3 Å². The number of aryl methyl sites for hydroxylation is 1. The molecule has 0 saturated heterocycles. The van der Waals surface area contributed by atoms with Gasteiger partial charge in [0.05, 0.1) is 19.3 Å². The largest absolute Gasteiger partial charge is 0.384 e. The Labute approximate surface area is 210 Å². The highest BCUT2D eigenvalue weighted by molar-refractivity contribution is 5.83. The molecule has 35 heavy (non-hydrogen) atoms. The van der Waals surface area contributed by atoms with Gasteiger partial charge in [0, 0.05) is 19.2 Å². The summed E-state index contributed by atoms with van der Waals surface area (Å²) in [7, 11) is 1.92. The Bertz CT molecular complexity index is 1110. The minimum Gasteiger partial charge on any atom is -0.384 e. The summed E-state index contributed by atoms with van der Waals surface area (Å²) in [4.78, 5) is 18.2. The Kier molecular flexibility index (Phi) is 5.86. The SMILES string of the molecule is COC[C@]12CC[C@H](C)CC1CC[C@@H]1C2CC[C@@]2(C)C1CC[C@@H]2C(=O)Cn1cc2ncc(C)cc2n1. The molecule has 2 heterocycles. The molecule has 4 aliphatic rings. The number of fused-ring (bicyclic) bond motifs is 6. The summed E-state index contributed by atoms with van der Waals surface area (Å²) < 4.78 is 7.79. The molecule has 0 aromatic carbocycles. The standard InChI is InChI=1S/C30H43N3O2/c1-19-9-12-30(18-35-4)21(13-19)5-6-22-23-7-8-25(29(23,3)11-10-24(22)30)28(34)17-33-16-27-26(32-33)14-20(2)15-31-27/h14-16,19,21-25H,5-13,17-18H2,1-4H3/t19-,21?,22-,23?,24?,25+,29-,30+/m0/s1. The molecule has 2 aromatic heterocycles. The molecule has 2 aromatic rings. The lowest BCUT2D eigenvalue weighted by Crippen LogP contribution is -2.56. The van der Waals surface area contributed by atoms with Gasteiger partial charge < -0.3 is 4.74 Å². The number of aromatic nitrogens is 3. The fourth-order valence-corrected chi connectivity index (χ4v) is 9.75. The number of hydrogen-bond donors (Lipinski definition) is 0. The smallest absolute Gasteiger partial charge is 0.157 e.